The molecule has 1 fully saturated rings. The fraction of sp³-hybridized carbons (Fsp3) is 0.625. The summed E-state index contributed by atoms with van der Waals surface area (Å²) in [6, 6.07) is 0. The minimum atomic E-state index is -2.34. The van der Waals surface area contributed by atoms with Gasteiger partial charge in [0.2, 0.25) is 5.60 Å². The summed E-state index contributed by atoms with van der Waals surface area (Å²) in [6.07, 6.45) is 1.41. The Hall–Kier alpha value is -1.03. The third-order valence-corrected chi connectivity index (χ3v) is 2.08. The van der Waals surface area contributed by atoms with Crippen LogP contribution in [0.4, 0.5) is 0 Å². The van der Waals surface area contributed by atoms with Gasteiger partial charge in [0.15, 0.2) is 17.9 Å². The molecule has 66 valence electrons. The molecule has 1 aliphatic carbocycles. The van der Waals surface area contributed by atoms with Crippen LogP contribution in [0.15, 0.2) is 0 Å². The fourth-order valence-electron chi connectivity index (χ4n) is 1.24. The number of aliphatic hydroxyl groups is 1. The van der Waals surface area contributed by atoms with E-state index in [9.17, 15) is 19.5 Å². The number of carbonyl (C=O) groups is 3. The molecule has 0 heterocycles. The third-order valence-electron chi connectivity index (χ3n) is 2.08. The predicted molar refractivity (Wildman–Crippen MR) is 39.5 cm³/mol. The number of Topliss-reactive ketones (excluding diaryl/α,β-unsaturated/α-hetero) is 2. The van der Waals surface area contributed by atoms with E-state index in [1.807, 2.05) is 0 Å². The number of hydrogen-bond donors (Lipinski definition) is 1. The summed E-state index contributed by atoms with van der Waals surface area (Å²) in [5.74, 6) is -1.33. The standard InChI is InChI=1S/C8H10O4/c9-5-8(12)6(10)3-1-2-4-7(8)11/h5,12H,1-4H2. The normalized spacial score (nSPS) is 23.4. The topological polar surface area (TPSA) is 71.4 Å². The molecule has 1 rings (SSSR count). The van der Waals surface area contributed by atoms with Gasteiger partial charge in [-0.15, -0.1) is 0 Å². The summed E-state index contributed by atoms with van der Waals surface area (Å²) >= 11 is 0. The lowest BCUT2D eigenvalue weighted by atomic mass is 9.94. The van der Waals surface area contributed by atoms with Crippen molar-refractivity contribution in [3.63, 3.8) is 0 Å². The first-order valence-electron chi connectivity index (χ1n) is 3.86. The van der Waals surface area contributed by atoms with Crippen LogP contribution in [-0.2, 0) is 14.4 Å². The molecule has 1 saturated carbocycles. The number of ketones is 2. The van der Waals surface area contributed by atoms with Gasteiger partial charge in [-0.3, -0.25) is 14.4 Å². The molecule has 4 nitrogen and oxygen atoms in total. The van der Waals surface area contributed by atoms with Crippen molar-refractivity contribution in [1.82, 2.24) is 0 Å². The lowest BCUT2D eigenvalue weighted by Crippen LogP contribution is -2.47. The quantitative estimate of drug-likeness (QED) is 0.331. The highest BCUT2D eigenvalue weighted by Crippen LogP contribution is 2.19. The average Bonchev–Trinajstić information content (AvgIpc) is 2.19. The van der Waals surface area contributed by atoms with E-state index in [4.69, 9.17) is 0 Å². The summed E-state index contributed by atoms with van der Waals surface area (Å²) in [7, 11) is 0. The van der Waals surface area contributed by atoms with Crippen LogP contribution in [0.1, 0.15) is 25.7 Å². The van der Waals surface area contributed by atoms with E-state index in [0.29, 0.717) is 12.8 Å². The van der Waals surface area contributed by atoms with Crippen molar-refractivity contribution in [2.45, 2.75) is 31.3 Å². The van der Waals surface area contributed by atoms with E-state index < -0.39 is 17.2 Å². The van der Waals surface area contributed by atoms with Crippen molar-refractivity contribution < 1.29 is 19.5 Å². The van der Waals surface area contributed by atoms with Gasteiger partial charge < -0.3 is 5.11 Å². The van der Waals surface area contributed by atoms with Gasteiger partial charge >= 0.3 is 0 Å². The molecule has 12 heavy (non-hydrogen) atoms. The second kappa shape index (κ2) is 3.15. The van der Waals surface area contributed by atoms with Crippen molar-refractivity contribution in [3.05, 3.63) is 0 Å². The van der Waals surface area contributed by atoms with Gasteiger partial charge in [0, 0.05) is 12.8 Å². The van der Waals surface area contributed by atoms with E-state index in [1.54, 1.807) is 0 Å². The van der Waals surface area contributed by atoms with E-state index in [-0.39, 0.29) is 19.1 Å². The van der Waals surface area contributed by atoms with E-state index in [1.165, 1.54) is 0 Å². The summed E-state index contributed by atoms with van der Waals surface area (Å²) in [6.45, 7) is 0. The number of aldehydes is 1. The molecule has 0 spiro atoms. The molecule has 0 unspecified atom stereocenters. The molecule has 4 heteroatoms. The molecule has 0 bridgehead atoms. The maximum atomic E-state index is 11.1. The fourth-order valence-corrected chi connectivity index (χ4v) is 1.24. The highest BCUT2D eigenvalue weighted by atomic mass is 16.3. The Morgan fingerprint density at radius 1 is 1.17 bits per heavy atom. The minimum Gasteiger partial charge on any atom is -0.369 e. The molecular formula is C8H10O4. The van der Waals surface area contributed by atoms with Crippen molar-refractivity contribution in [1.29, 1.82) is 0 Å². The van der Waals surface area contributed by atoms with Gasteiger partial charge in [-0.05, 0) is 12.8 Å². The Kier molecular flexibility index (Phi) is 2.38. The molecule has 0 aliphatic heterocycles. The van der Waals surface area contributed by atoms with Gasteiger partial charge in [-0.1, -0.05) is 0 Å². The molecule has 1 N–H and O–H groups in total. The Labute approximate surface area is 69.6 Å². The third kappa shape index (κ3) is 1.30. The van der Waals surface area contributed by atoms with Gasteiger partial charge in [-0.2, -0.15) is 0 Å². The molecule has 0 amide bonds. The summed E-state index contributed by atoms with van der Waals surface area (Å²) in [5.41, 5.74) is -2.34. The van der Waals surface area contributed by atoms with Crippen LogP contribution in [0.5, 0.6) is 0 Å². The van der Waals surface area contributed by atoms with Gasteiger partial charge in [0.25, 0.3) is 0 Å². The van der Waals surface area contributed by atoms with Gasteiger partial charge in [0.05, 0.1) is 0 Å². The first-order chi connectivity index (χ1) is 5.61. The molecular weight excluding hydrogens is 160 g/mol. The average molecular weight is 170 g/mol. The summed E-state index contributed by atoms with van der Waals surface area (Å²) in [4.78, 5) is 32.5. The maximum Gasteiger partial charge on any atom is 0.237 e. The van der Waals surface area contributed by atoms with E-state index in [0.717, 1.165) is 0 Å². The van der Waals surface area contributed by atoms with Crippen molar-refractivity contribution in [2.24, 2.45) is 0 Å². The van der Waals surface area contributed by atoms with Crippen LogP contribution in [0.3, 0.4) is 0 Å². The molecule has 0 radical (unpaired) electrons. The van der Waals surface area contributed by atoms with Crippen LogP contribution in [0.25, 0.3) is 0 Å². The number of hydrogen-bond acceptors (Lipinski definition) is 4. The van der Waals surface area contributed by atoms with E-state index >= 15 is 0 Å². The monoisotopic (exact) mass is 170 g/mol. The van der Waals surface area contributed by atoms with E-state index in [2.05, 4.69) is 0 Å². The van der Waals surface area contributed by atoms with Crippen molar-refractivity contribution in [2.75, 3.05) is 0 Å². The SMILES string of the molecule is O=CC1(O)C(=O)CCCCC1=O. The van der Waals surface area contributed by atoms with Crippen LogP contribution in [0, 0.1) is 0 Å². The second-order valence-corrected chi connectivity index (χ2v) is 2.94. The lowest BCUT2D eigenvalue weighted by Gasteiger charge is -2.14. The molecule has 0 atom stereocenters. The van der Waals surface area contributed by atoms with Crippen LogP contribution in [-0.4, -0.2) is 28.6 Å². The maximum absolute atomic E-state index is 11.1. The Bertz CT molecular complexity index is 213. The highest BCUT2D eigenvalue weighted by molar-refractivity contribution is 6.22. The lowest BCUT2D eigenvalue weighted by molar-refractivity contribution is -0.153. The number of rotatable bonds is 1. The van der Waals surface area contributed by atoms with Crippen LogP contribution < -0.4 is 0 Å². The minimum absolute atomic E-state index is 0.0446. The molecule has 0 saturated heterocycles. The highest BCUT2D eigenvalue weighted by Gasteiger charge is 2.43. The van der Waals surface area contributed by atoms with Crippen LogP contribution in [0.2, 0.25) is 0 Å². The van der Waals surface area contributed by atoms with Crippen LogP contribution >= 0.6 is 0 Å². The molecule has 0 aromatic carbocycles. The zero-order valence-electron chi connectivity index (χ0n) is 6.58. The van der Waals surface area contributed by atoms with Crippen molar-refractivity contribution >= 4 is 17.9 Å². The number of carbonyl (C=O) groups excluding carboxylic acids is 3. The first kappa shape index (κ1) is 9.06. The predicted octanol–water partition coefficient (Wildman–Crippen LogP) is -0.371. The Morgan fingerprint density at radius 3 is 1.92 bits per heavy atom. The summed E-state index contributed by atoms with van der Waals surface area (Å²) < 4.78 is 0. The second-order valence-electron chi connectivity index (χ2n) is 2.94. The molecule has 0 aromatic heterocycles. The van der Waals surface area contributed by atoms with Gasteiger partial charge in [0.1, 0.15) is 0 Å². The molecule has 0 aromatic rings. The molecule has 1 aliphatic rings. The Morgan fingerprint density at radius 2 is 1.58 bits per heavy atom. The Balaban J connectivity index is 2.97. The van der Waals surface area contributed by atoms with Gasteiger partial charge in [-0.25, -0.2) is 0 Å². The zero-order chi connectivity index (χ0) is 9.19. The zero-order valence-corrected chi connectivity index (χ0v) is 6.58. The first-order valence-corrected chi connectivity index (χ1v) is 3.86. The summed E-state index contributed by atoms with van der Waals surface area (Å²) in [5, 5.41) is 9.33. The largest absolute Gasteiger partial charge is 0.369 e. The van der Waals surface area contributed by atoms with Crippen molar-refractivity contribution in [3.8, 4) is 0 Å². The smallest absolute Gasteiger partial charge is 0.237 e.